The molecule has 4 aliphatic heterocycles. The molecule has 3 saturated heterocycles. The maximum absolute atomic E-state index is 13.2. The Kier molecular flexibility index (Phi) is 7.88. The van der Waals surface area contributed by atoms with Gasteiger partial charge in [-0.1, -0.05) is 12.7 Å². The van der Waals surface area contributed by atoms with E-state index < -0.39 is 47.2 Å². The maximum atomic E-state index is 13.2. The van der Waals surface area contributed by atoms with E-state index in [1.807, 2.05) is 0 Å². The van der Waals surface area contributed by atoms with Crippen LogP contribution in [0.15, 0.2) is 35.6 Å². The van der Waals surface area contributed by atoms with Gasteiger partial charge in [-0.3, -0.25) is 14.5 Å². The number of alkyl halides is 3. The molecule has 0 aliphatic carbocycles. The number of rotatable bonds is 5. The van der Waals surface area contributed by atoms with Gasteiger partial charge in [-0.05, 0) is 30.9 Å². The molecule has 3 amide bonds. The third kappa shape index (κ3) is 5.29. The highest BCUT2D eigenvalue weighted by Gasteiger charge is 2.53. The SMILES string of the molecule is C=CCOC(=O)N1CCC(N2CC/C(=C\C3=C(C(=O)OC(=O)C(F)(F)F)N4C(=O)[C@@H](N)[C@H]4SC3)C2=O)CC1. The van der Waals surface area contributed by atoms with Gasteiger partial charge in [-0.15, -0.1) is 11.8 Å². The molecule has 0 radical (unpaired) electrons. The highest BCUT2D eigenvalue weighted by molar-refractivity contribution is 8.00. The summed E-state index contributed by atoms with van der Waals surface area (Å²) in [6.45, 7) is 4.76. The molecule has 0 aromatic carbocycles. The molecule has 2 N–H and O–H groups in total. The smallest absolute Gasteiger partial charge is 0.445 e. The summed E-state index contributed by atoms with van der Waals surface area (Å²) in [4.78, 5) is 65.6. The number of esters is 2. The number of nitrogens with two attached hydrogens (primary N) is 1. The monoisotopic (exact) mass is 558 g/mol. The number of carbonyl (C=O) groups is 5. The van der Waals surface area contributed by atoms with E-state index in [1.165, 1.54) is 23.9 Å². The summed E-state index contributed by atoms with van der Waals surface area (Å²) in [5.74, 6) is -5.31. The maximum Gasteiger partial charge on any atom is 0.491 e. The summed E-state index contributed by atoms with van der Waals surface area (Å²) in [7, 11) is 0. The van der Waals surface area contributed by atoms with Crippen molar-refractivity contribution >= 4 is 41.6 Å². The molecule has 11 nitrogen and oxygen atoms in total. The number of hydrogen-bond donors (Lipinski definition) is 1. The number of thioether (sulfide) groups is 1. The molecule has 206 valence electrons. The van der Waals surface area contributed by atoms with Crippen LogP contribution in [-0.4, -0.2) is 100 Å². The first-order valence-electron chi connectivity index (χ1n) is 11.7. The van der Waals surface area contributed by atoms with Crippen LogP contribution in [0.4, 0.5) is 18.0 Å². The lowest BCUT2D eigenvalue weighted by molar-refractivity contribution is -0.201. The lowest BCUT2D eigenvalue weighted by atomic mass is 10.0. The zero-order chi connectivity index (χ0) is 27.8. The largest absolute Gasteiger partial charge is 0.491 e. The topological polar surface area (TPSA) is 140 Å². The molecule has 0 saturated carbocycles. The van der Waals surface area contributed by atoms with Crippen LogP contribution in [0.2, 0.25) is 0 Å². The van der Waals surface area contributed by atoms with Gasteiger partial charge >= 0.3 is 24.2 Å². The molecule has 0 spiro atoms. The zero-order valence-electron chi connectivity index (χ0n) is 20.1. The Labute approximate surface area is 219 Å². The fourth-order valence-corrected chi connectivity index (χ4v) is 5.99. The van der Waals surface area contributed by atoms with Crippen LogP contribution in [0.5, 0.6) is 0 Å². The summed E-state index contributed by atoms with van der Waals surface area (Å²) in [5, 5.41) is -0.702. The molecule has 4 heterocycles. The first-order valence-corrected chi connectivity index (χ1v) is 12.8. The highest BCUT2D eigenvalue weighted by atomic mass is 32.2. The third-order valence-electron chi connectivity index (χ3n) is 6.64. The van der Waals surface area contributed by atoms with Crippen LogP contribution in [0, 0.1) is 0 Å². The minimum Gasteiger partial charge on any atom is -0.445 e. The lowest BCUT2D eigenvalue weighted by Crippen LogP contribution is -2.68. The molecule has 2 atom stereocenters. The van der Waals surface area contributed by atoms with E-state index in [9.17, 15) is 37.1 Å². The van der Waals surface area contributed by atoms with Crippen LogP contribution >= 0.6 is 11.8 Å². The molecule has 0 aromatic rings. The number of nitrogens with zero attached hydrogens (tertiary/aromatic N) is 3. The van der Waals surface area contributed by atoms with E-state index in [2.05, 4.69) is 11.3 Å². The molecular weight excluding hydrogens is 533 g/mol. The Morgan fingerprint density at radius 1 is 1.16 bits per heavy atom. The van der Waals surface area contributed by atoms with E-state index in [0.29, 0.717) is 44.5 Å². The number of piperidine rings is 1. The van der Waals surface area contributed by atoms with E-state index in [4.69, 9.17) is 10.5 Å². The van der Waals surface area contributed by atoms with Gasteiger partial charge in [0.25, 0.3) is 0 Å². The Balaban J connectivity index is 1.50. The van der Waals surface area contributed by atoms with Gasteiger partial charge in [-0.2, -0.15) is 13.2 Å². The van der Waals surface area contributed by atoms with Gasteiger partial charge in [-0.25, -0.2) is 14.4 Å². The Bertz CT molecular complexity index is 1130. The number of ether oxygens (including phenoxy) is 2. The molecule has 0 unspecified atom stereocenters. The van der Waals surface area contributed by atoms with Crippen molar-refractivity contribution in [2.75, 3.05) is 32.0 Å². The second kappa shape index (κ2) is 10.8. The fraction of sp³-hybridized carbons (Fsp3) is 0.522. The minimum absolute atomic E-state index is 0.0643. The Morgan fingerprint density at radius 2 is 1.84 bits per heavy atom. The number of allylic oxidation sites excluding steroid dienone is 1. The van der Waals surface area contributed by atoms with Crippen molar-refractivity contribution in [3.63, 3.8) is 0 Å². The second-order valence-corrected chi connectivity index (χ2v) is 10.1. The summed E-state index contributed by atoms with van der Waals surface area (Å²) in [6, 6.07) is -1.10. The van der Waals surface area contributed by atoms with Gasteiger partial charge in [0.2, 0.25) is 11.8 Å². The normalized spacial score (nSPS) is 25.4. The first kappa shape index (κ1) is 27.7. The molecule has 4 aliphatic rings. The Hall–Kier alpha value is -3.33. The van der Waals surface area contributed by atoms with Gasteiger partial charge in [0.15, 0.2) is 0 Å². The van der Waals surface area contributed by atoms with Crippen molar-refractivity contribution in [2.45, 2.75) is 42.9 Å². The number of β-lactam (4-membered cyclic amide) rings is 1. The number of hydrogen-bond acceptors (Lipinski definition) is 9. The molecule has 0 aromatic heterocycles. The standard InChI is InChI=1S/C23H25F3N4O7S/c1-2-9-36-22(35)28-6-4-14(5-7-28)29-8-3-12(17(29)31)10-13-11-38-19-15(27)18(32)30(19)16(13)20(33)37-21(34)23(24,25)26/h2,10,14-15,19H,1,3-9,11,27H2/b12-10+/t15-,19-/m1/s1. The lowest BCUT2D eigenvalue weighted by Gasteiger charge is -2.48. The van der Waals surface area contributed by atoms with Crippen molar-refractivity contribution in [1.82, 2.24) is 14.7 Å². The van der Waals surface area contributed by atoms with E-state index in [1.54, 1.807) is 9.80 Å². The van der Waals surface area contributed by atoms with Crippen molar-refractivity contribution in [3.8, 4) is 0 Å². The molecule has 15 heteroatoms. The molecular formula is C23H25F3N4O7S. The third-order valence-corrected chi connectivity index (χ3v) is 7.97. The molecule has 3 fully saturated rings. The van der Waals surface area contributed by atoms with Crippen molar-refractivity contribution in [1.29, 1.82) is 0 Å². The molecule has 38 heavy (non-hydrogen) atoms. The number of fused-ring (bicyclic) bond motifs is 1. The number of likely N-dealkylation sites (tertiary alicyclic amines) is 2. The summed E-state index contributed by atoms with van der Waals surface area (Å²) in [6.07, 6.45) is -1.67. The van der Waals surface area contributed by atoms with Gasteiger partial charge in [0.05, 0.1) is 0 Å². The molecule has 4 rings (SSSR count). The van der Waals surface area contributed by atoms with Crippen LogP contribution in [-0.2, 0) is 28.7 Å². The van der Waals surface area contributed by atoms with E-state index in [-0.39, 0.29) is 29.9 Å². The van der Waals surface area contributed by atoms with Crippen LogP contribution < -0.4 is 5.73 Å². The first-order chi connectivity index (χ1) is 17.9. The van der Waals surface area contributed by atoms with Crippen LogP contribution in [0.3, 0.4) is 0 Å². The van der Waals surface area contributed by atoms with Crippen molar-refractivity contribution in [3.05, 3.63) is 35.6 Å². The number of carbonyl (C=O) groups excluding carboxylic acids is 5. The van der Waals surface area contributed by atoms with Crippen molar-refractivity contribution < 1.29 is 46.6 Å². The fourth-order valence-electron chi connectivity index (χ4n) is 4.74. The number of amides is 3. The highest BCUT2D eigenvalue weighted by Crippen LogP contribution is 2.41. The van der Waals surface area contributed by atoms with Crippen LogP contribution in [0.25, 0.3) is 0 Å². The second-order valence-electron chi connectivity index (χ2n) is 8.99. The quantitative estimate of drug-likeness (QED) is 0.173. The summed E-state index contributed by atoms with van der Waals surface area (Å²) in [5.41, 5.74) is 5.62. The molecule has 0 bridgehead atoms. The van der Waals surface area contributed by atoms with Gasteiger partial charge in [0, 0.05) is 37.0 Å². The predicted octanol–water partition coefficient (Wildman–Crippen LogP) is 1.06. The average molecular weight is 559 g/mol. The predicted molar refractivity (Wildman–Crippen MR) is 126 cm³/mol. The van der Waals surface area contributed by atoms with Gasteiger partial charge in [0.1, 0.15) is 23.7 Å². The minimum atomic E-state index is -5.41. The van der Waals surface area contributed by atoms with E-state index in [0.717, 1.165) is 4.90 Å². The number of halogens is 3. The summed E-state index contributed by atoms with van der Waals surface area (Å²) >= 11 is 1.18. The Morgan fingerprint density at radius 3 is 2.47 bits per heavy atom. The zero-order valence-corrected chi connectivity index (χ0v) is 20.9. The summed E-state index contributed by atoms with van der Waals surface area (Å²) < 4.78 is 47.1. The van der Waals surface area contributed by atoms with Gasteiger partial charge < -0.3 is 25.0 Å². The van der Waals surface area contributed by atoms with Crippen LogP contribution in [0.1, 0.15) is 19.3 Å². The van der Waals surface area contributed by atoms with E-state index >= 15 is 0 Å². The average Bonchev–Trinajstić information content (AvgIpc) is 3.25. The van der Waals surface area contributed by atoms with Crippen molar-refractivity contribution in [2.24, 2.45) is 5.73 Å².